The predicted octanol–water partition coefficient (Wildman–Crippen LogP) is 2.47. The third-order valence-corrected chi connectivity index (χ3v) is 7.18. The number of carbonyl (C=O) groups is 1. The molecule has 4 rings (SSSR count). The standard InChI is InChI=1S/C18H18IN5O2/c20-18-22-10-14(17(23-18)15-5-3-7-26-15)12-8-16(25)24(19-9-12)11-13-4-1-2-6-21-13/h1-7,9-10,12,14,17H,8,11H2,(H2,20,23)/t12?,14?,17-/m0/s1. The molecule has 26 heavy (non-hydrogen) atoms. The van der Waals surface area contributed by atoms with Gasteiger partial charge in [-0.05, 0) is 49.3 Å². The molecule has 2 aliphatic rings. The van der Waals surface area contributed by atoms with Gasteiger partial charge in [0.1, 0.15) is 11.8 Å². The van der Waals surface area contributed by atoms with Gasteiger partial charge in [0.2, 0.25) is 11.9 Å². The van der Waals surface area contributed by atoms with Crippen molar-refractivity contribution in [2.24, 2.45) is 27.6 Å². The largest absolute Gasteiger partial charge is 0.467 e. The van der Waals surface area contributed by atoms with Crippen molar-refractivity contribution in [2.75, 3.05) is 0 Å². The first-order valence-corrected chi connectivity index (χ1v) is 10.5. The van der Waals surface area contributed by atoms with Crippen LogP contribution in [0, 0.1) is 11.8 Å². The van der Waals surface area contributed by atoms with Gasteiger partial charge >= 0.3 is 0 Å². The Hall–Kier alpha value is -2.36. The van der Waals surface area contributed by atoms with Crippen molar-refractivity contribution < 1.29 is 9.21 Å². The highest BCUT2D eigenvalue weighted by atomic mass is 127. The summed E-state index contributed by atoms with van der Waals surface area (Å²) in [5.74, 6) is 1.22. The van der Waals surface area contributed by atoms with Crippen molar-refractivity contribution in [3.05, 3.63) is 54.2 Å². The second-order valence-electron chi connectivity index (χ2n) is 6.13. The number of halogens is 1. The van der Waals surface area contributed by atoms with Crippen LogP contribution >= 0.6 is 21.0 Å². The van der Waals surface area contributed by atoms with E-state index in [1.165, 1.54) is 0 Å². The van der Waals surface area contributed by atoms with Gasteiger partial charge in [-0.25, -0.2) is 9.98 Å². The normalized spacial score (nSPS) is 25.7. The fourth-order valence-electron chi connectivity index (χ4n) is 3.08. The van der Waals surface area contributed by atoms with Crippen LogP contribution in [0.1, 0.15) is 23.9 Å². The summed E-state index contributed by atoms with van der Waals surface area (Å²) in [7, 11) is 0. The van der Waals surface area contributed by atoms with Crippen LogP contribution in [0.5, 0.6) is 0 Å². The lowest BCUT2D eigenvalue weighted by molar-refractivity contribution is -0.126. The molecule has 2 unspecified atom stereocenters. The van der Waals surface area contributed by atoms with Crippen LogP contribution in [0.3, 0.4) is 0 Å². The van der Waals surface area contributed by atoms with E-state index in [-0.39, 0.29) is 29.7 Å². The summed E-state index contributed by atoms with van der Waals surface area (Å²) in [6.45, 7) is 0.571. The zero-order chi connectivity index (χ0) is 17.9. The number of carbonyl (C=O) groups excluding carboxylic acids is 1. The Morgan fingerprint density at radius 3 is 2.96 bits per heavy atom. The lowest BCUT2D eigenvalue weighted by Gasteiger charge is -2.31. The zero-order valence-corrected chi connectivity index (χ0v) is 16.1. The quantitative estimate of drug-likeness (QED) is 0.557. The Morgan fingerprint density at radius 2 is 2.23 bits per heavy atom. The molecule has 8 heteroatoms. The monoisotopic (exact) mass is 463 g/mol. The van der Waals surface area contributed by atoms with Crippen LogP contribution in [0.4, 0.5) is 0 Å². The molecule has 0 saturated heterocycles. The Kier molecular flexibility index (Phi) is 4.91. The highest BCUT2D eigenvalue weighted by Crippen LogP contribution is 2.37. The molecule has 4 heterocycles. The van der Waals surface area contributed by atoms with E-state index in [1.54, 1.807) is 12.5 Å². The van der Waals surface area contributed by atoms with Crippen molar-refractivity contribution in [3.8, 4) is 0 Å². The van der Waals surface area contributed by atoms with Gasteiger partial charge in [-0.15, -0.1) is 0 Å². The van der Waals surface area contributed by atoms with E-state index in [9.17, 15) is 4.79 Å². The summed E-state index contributed by atoms with van der Waals surface area (Å²) in [4.78, 5) is 25.6. The third-order valence-electron chi connectivity index (χ3n) is 4.39. The zero-order valence-electron chi connectivity index (χ0n) is 13.9. The van der Waals surface area contributed by atoms with Crippen molar-refractivity contribution in [2.45, 2.75) is 19.0 Å². The molecule has 0 saturated carbocycles. The number of rotatable bonds is 4. The van der Waals surface area contributed by atoms with Crippen molar-refractivity contribution in [3.63, 3.8) is 0 Å². The van der Waals surface area contributed by atoms with Crippen molar-refractivity contribution in [1.29, 1.82) is 0 Å². The van der Waals surface area contributed by atoms with Gasteiger partial charge in [0.05, 0.1) is 18.5 Å². The van der Waals surface area contributed by atoms with E-state index < -0.39 is 21.0 Å². The maximum absolute atomic E-state index is 12.7. The van der Waals surface area contributed by atoms with E-state index in [1.807, 2.05) is 39.7 Å². The number of aliphatic imine (C=N–C) groups is 2. The molecule has 0 aromatic carbocycles. The Bertz CT molecular complexity index is 863. The molecule has 0 bridgehead atoms. The number of pyridine rings is 1. The summed E-state index contributed by atoms with van der Waals surface area (Å²) >= 11 is -0.527. The SMILES string of the molecule is NC1=N[C@H](c2ccco2)C(C2C=IN(Cc3ccccn3)C(=O)C2)C=N1. The fraction of sp³-hybridized carbons (Fsp3) is 0.278. The summed E-state index contributed by atoms with van der Waals surface area (Å²) in [6.07, 6.45) is 5.64. The third kappa shape index (κ3) is 3.59. The predicted molar refractivity (Wildman–Crippen MR) is 108 cm³/mol. The molecular formula is C18H18IN5O2. The number of amides is 1. The molecule has 2 aromatic rings. The number of hydrogen-bond acceptors (Lipinski definition) is 6. The number of nitrogens with zero attached hydrogens (tertiary/aromatic N) is 4. The van der Waals surface area contributed by atoms with Gasteiger partial charge < -0.3 is 10.2 Å². The lowest BCUT2D eigenvalue weighted by Crippen LogP contribution is -2.35. The fourth-order valence-corrected chi connectivity index (χ4v) is 5.67. The molecule has 0 radical (unpaired) electrons. The molecule has 0 aliphatic carbocycles. The summed E-state index contributed by atoms with van der Waals surface area (Å²) in [5, 5.41) is 0. The van der Waals surface area contributed by atoms with Gasteiger partial charge in [0.25, 0.3) is 0 Å². The van der Waals surface area contributed by atoms with Gasteiger partial charge in [0.15, 0.2) is 0 Å². The number of hydrogen-bond donors (Lipinski definition) is 1. The van der Waals surface area contributed by atoms with Crippen molar-refractivity contribution >= 4 is 43.1 Å². The molecule has 0 spiro atoms. The second kappa shape index (κ2) is 7.48. The molecule has 0 fully saturated rings. The first-order chi connectivity index (χ1) is 12.7. The lowest BCUT2D eigenvalue weighted by atomic mass is 9.84. The molecule has 7 nitrogen and oxygen atoms in total. The van der Waals surface area contributed by atoms with Crippen LogP contribution in [0.25, 0.3) is 0 Å². The van der Waals surface area contributed by atoms with E-state index in [2.05, 4.69) is 19.0 Å². The van der Waals surface area contributed by atoms with E-state index in [0.29, 0.717) is 13.0 Å². The van der Waals surface area contributed by atoms with Crippen LogP contribution < -0.4 is 5.73 Å². The Morgan fingerprint density at radius 1 is 1.31 bits per heavy atom. The smallest absolute Gasteiger partial charge is 0.231 e. The molecular weight excluding hydrogens is 445 g/mol. The number of furan rings is 1. The average molecular weight is 463 g/mol. The van der Waals surface area contributed by atoms with Gasteiger partial charge in [-0.2, -0.15) is 0 Å². The second-order valence-corrected chi connectivity index (χ2v) is 8.57. The Balaban J connectivity index is 1.52. The van der Waals surface area contributed by atoms with Crippen LogP contribution in [-0.4, -0.2) is 30.2 Å². The maximum Gasteiger partial charge on any atom is 0.231 e. The summed E-state index contributed by atoms with van der Waals surface area (Å²) < 4.78 is 9.74. The minimum absolute atomic E-state index is 0.0194. The van der Waals surface area contributed by atoms with Gasteiger partial charge in [-0.3, -0.25) is 12.9 Å². The number of guanidine groups is 1. The van der Waals surface area contributed by atoms with Crippen LogP contribution in [-0.2, 0) is 11.3 Å². The molecule has 134 valence electrons. The van der Waals surface area contributed by atoms with E-state index in [0.717, 1.165) is 11.5 Å². The molecule has 3 atom stereocenters. The highest BCUT2D eigenvalue weighted by molar-refractivity contribution is 14.2. The minimum atomic E-state index is -0.527. The van der Waals surface area contributed by atoms with Crippen molar-refractivity contribution in [1.82, 2.24) is 8.10 Å². The molecule has 1 amide bonds. The highest BCUT2D eigenvalue weighted by Gasteiger charge is 2.36. The van der Waals surface area contributed by atoms with Crippen LogP contribution in [0.2, 0.25) is 0 Å². The number of nitrogens with two attached hydrogens (primary N) is 1. The first kappa shape index (κ1) is 17.1. The van der Waals surface area contributed by atoms with Gasteiger partial charge in [0, 0.05) is 30.7 Å². The van der Waals surface area contributed by atoms with Gasteiger partial charge in [-0.1, -0.05) is 6.07 Å². The van der Waals surface area contributed by atoms with E-state index in [4.69, 9.17) is 10.2 Å². The maximum atomic E-state index is 12.7. The van der Waals surface area contributed by atoms with E-state index >= 15 is 0 Å². The number of aromatic nitrogens is 1. The first-order valence-electron chi connectivity index (χ1n) is 8.29. The molecule has 2 N–H and O–H groups in total. The topological polar surface area (TPSA) is 97.1 Å². The molecule has 2 aromatic heterocycles. The molecule has 2 aliphatic heterocycles. The summed E-state index contributed by atoms with van der Waals surface area (Å²) in [6, 6.07) is 9.25. The minimum Gasteiger partial charge on any atom is -0.467 e. The average Bonchev–Trinajstić information content (AvgIpc) is 3.19. The summed E-state index contributed by atoms with van der Waals surface area (Å²) in [5.41, 5.74) is 6.70. The Labute approximate surface area is 161 Å². The van der Waals surface area contributed by atoms with Crippen LogP contribution in [0.15, 0.2) is 57.2 Å².